The molecule has 5 aromatic carbocycles. The van der Waals surface area contributed by atoms with Crippen molar-refractivity contribution in [2.45, 2.75) is 105 Å². The highest BCUT2D eigenvalue weighted by molar-refractivity contribution is 6.31. The number of benzene rings is 5. The van der Waals surface area contributed by atoms with Gasteiger partial charge in [0.2, 0.25) is 5.60 Å². The molecule has 1 aliphatic carbocycles. The number of fused-ring (bicyclic) bond motifs is 6. The standard InChI is InChI=1S/C46H58N4O9.C22H17ClN2/c1-8-42(54)23-28-24-45(40(52)57-6,36-30(15-19-49(25-28)26-42)29-13-10-11-14-33(29)47-36)32-21-31-34(22-35(32)56-5)48(4)38-44(31)17-20-50-18-12-16-43(9-2,37(44)50)39(59-27(3)51)46(38,55)41(53)58-7;23-21-14-8-7-13-20(21)22(25-16-15-24-17-25,18-9-3-1-4-10-18)19-11-5-2-6-12-19/h10-14,16,21-22,28,37-39,47,54-55H,8-9,15,17-20,23-26H2,1-7H3;1-17H/t28?,37-,38+,39+,42-,43+,44+,45-,46-;/m0./s1. The van der Waals surface area contributed by atoms with Gasteiger partial charge >= 0.3 is 17.9 Å². The fourth-order valence-corrected chi connectivity index (χ4v) is 17.3. The number of aromatic nitrogens is 3. The number of anilines is 1. The van der Waals surface area contributed by atoms with Crippen molar-refractivity contribution in [1.29, 1.82) is 0 Å². The minimum atomic E-state index is -2.30. The molecule has 438 valence electrons. The Balaban J connectivity index is 0.000000231. The molecule has 2 aromatic heterocycles. The molecule has 2 saturated heterocycles. The summed E-state index contributed by atoms with van der Waals surface area (Å²) in [5.74, 6) is -1.56. The molecule has 3 N–H and O–H groups in total. The van der Waals surface area contributed by atoms with Gasteiger partial charge < -0.3 is 43.6 Å². The number of nitrogens with one attached hydrogen (secondary N) is 1. The van der Waals surface area contributed by atoms with Crippen LogP contribution in [0.2, 0.25) is 5.02 Å². The van der Waals surface area contributed by atoms with Gasteiger partial charge in [0.1, 0.15) is 16.7 Å². The normalized spacial score (nSPS) is 29.4. The first-order valence-electron chi connectivity index (χ1n) is 29.4. The summed E-state index contributed by atoms with van der Waals surface area (Å²) in [4.78, 5) is 57.5. The van der Waals surface area contributed by atoms with E-state index >= 15 is 4.79 Å². The number of para-hydroxylation sites is 1. The first kappa shape index (κ1) is 57.2. The Morgan fingerprint density at radius 3 is 2.15 bits per heavy atom. The third-order valence-corrected chi connectivity index (χ3v) is 20.5. The number of likely N-dealkylation sites (N-methyl/N-ethyl adjacent to an activating group) is 1. The first-order valence-corrected chi connectivity index (χ1v) is 29.8. The van der Waals surface area contributed by atoms with Gasteiger partial charge in [0.05, 0.1) is 39.3 Å². The van der Waals surface area contributed by atoms with Crippen LogP contribution in [-0.2, 0) is 51.4 Å². The maximum Gasteiger partial charge on any atom is 0.344 e. The number of methoxy groups -OCH3 is 3. The highest BCUT2D eigenvalue weighted by atomic mass is 35.5. The number of H-pyrrole nitrogens is 1. The molecule has 1 saturated carbocycles. The second kappa shape index (κ2) is 21.7. The largest absolute Gasteiger partial charge is 0.496 e. The number of ether oxygens (including phenoxy) is 4. The molecule has 7 aromatic rings. The van der Waals surface area contributed by atoms with E-state index in [9.17, 15) is 19.8 Å². The van der Waals surface area contributed by atoms with E-state index in [1.165, 1.54) is 21.1 Å². The number of nitrogens with zero attached hydrogens (tertiary/aromatic N) is 5. The van der Waals surface area contributed by atoms with Crippen molar-refractivity contribution in [3.63, 3.8) is 0 Å². The number of hydrogen-bond acceptors (Lipinski definition) is 13. The SMILES string of the molecule is CC[C@]1(O)CC2CN(CCc3c([nH]c4ccccc34)[C@@](C(=O)OC)(c3cc4c(cc3OC)N(C)[C@H]3[C@@](O)(C(=O)OC)[C@H](OC(C)=O)[C@]5(CC)C=CCN6CC[C@]43[C@@H]65)C2)C1.Clc1ccccc1C(c1ccccc1)(c1ccccc1)n1ccnc1. The minimum absolute atomic E-state index is 0.0986. The lowest BCUT2D eigenvalue weighted by atomic mass is 9.47. The predicted octanol–water partition coefficient (Wildman–Crippen LogP) is 9.37. The van der Waals surface area contributed by atoms with E-state index in [0.29, 0.717) is 82.6 Å². The zero-order chi connectivity index (χ0) is 59.0. The number of halogens is 1. The van der Waals surface area contributed by atoms with Crippen LogP contribution >= 0.6 is 11.6 Å². The Morgan fingerprint density at radius 2 is 1.51 bits per heavy atom. The first-order chi connectivity index (χ1) is 40.6. The molecule has 3 fully saturated rings. The van der Waals surface area contributed by atoms with Gasteiger partial charge in [-0.05, 0) is 91.4 Å². The quantitative estimate of drug-likeness (QED) is 0.0485. The zero-order valence-corrected chi connectivity index (χ0v) is 49.6. The monoisotopic (exact) mass is 1150 g/mol. The zero-order valence-electron chi connectivity index (χ0n) is 48.9. The van der Waals surface area contributed by atoms with E-state index in [1.807, 2.05) is 92.9 Å². The lowest BCUT2D eigenvalue weighted by Crippen LogP contribution is -2.81. The summed E-state index contributed by atoms with van der Waals surface area (Å²) in [6.45, 7) is 8.62. The van der Waals surface area contributed by atoms with Gasteiger partial charge in [-0.2, -0.15) is 0 Å². The van der Waals surface area contributed by atoms with E-state index in [2.05, 4.69) is 103 Å². The Morgan fingerprint density at radius 1 is 0.821 bits per heavy atom. The van der Waals surface area contributed by atoms with E-state index in [-0.39, 0.29) is 12.0 Å². The number of esters is 3. The molecular weight excluding hydrogens is 1080 g/mol. The molecule has 6 aliphatic rings. The molecule has 10 atom stereocenters. The highest BCUT2D eigenvalue weighted by Crippen LogP contribution is 2.68. The van der Waals surface area contributed by atoms with E-state index in [0.717, 1.165) is 55.1 Å². The molecule has 15 nitrogen and oxygen atoms in total. The van der Waals surface area contributed by atoms with Crippen LogP contribution in [0.1, 0.15) is 91.9 Å². The van der Waals surface area contributed by atoms with Crippen molar-refractivity contribution in [2.75, 3.05) is 66.0 Å². The van der Waals surface area contributed by atoms with Crippen molar-refractivity contribution in [3.05, 3.63) is 196 Å². The van der Waals surface area contributed by atoms with Crippen LogP contribution in [0.25, 0.3) is 10.9 Å². The number of rotatable bonds is 11. The van der Waals surface area contributed by atoms with Crippen LogP contribution in [0, 0.1) is 11.3 Å². The Bertz CT molecular complexity index is 3610. The fourth-order valence-electron chi connectivity index (χ4n) is 17.0. The molecule has 7 heterocycles. The third kappa shape index (κ3) is 8.34. The van der Waals surface area contributed by atoms with Crippen LogP contribution < -0.4 is 9.64 Å². The van der Waals surface area contributed by atoms with E-state index in [4.69, 9.17) is 30.5 Å². The molecule has 5 aliphatic heterocycles. The smallest absolute Gasteiger partial charge is 0.344 e. The Labute approximate surface area is 496 Å². The van der Waals surface area contributed by atoms with Crippen molar-refractivity contribution < 1.29 is 43.5 Å². The molecule has 1 spiro atoms. The van der Waals surface area contributed by atoms with Crippen molar-refractivity contribution in [2.24, 2.45) is 11.3 Å². The molecule has 2 bridgehead atoms. The summed E-state index contributed by atoms with van der Waals surface area (Å²) in [6, 6.07) is 39.8. The second-order valence-corrected chi connectivity index (χ2v) is 24.5. The third-order valence-electron chi connectivity index (χ3n) is 20.1. The van der Waals surface area contributed by atoms with E-state index < -0.39 is 63.0 Å². The second-order valence-electron chi connectivity index (χ2n) is 24.1. The van der Waals surface area contributed by atoms with E-state index in [1.54, 1.807) is 13.3 Å². The molecule has 0 radical (unpaired) electrons. The summed E-state index contributed by atoms with van der Waals surface area (Å²) in [5.41, 5.74) is 1.07. The number of aromatic amines is 1. The van der Waals surface area contributed by atoms with Gasteiger partial charge in [-0.15, -0.1) is 0 Å². The Hall–Kier alpha value is -7.27. The average molecular weight is 1160 g/mol. The van der Waals surface area contributed by atoms with Gasteiger partial charge in [-0.3, -0.25) is 19.4 Å². The van der Waals surface area contributed by atoms with Gasteiger partial charge in [0.15, 0.2) is 6.10 Å². The molecule has 0 amide bonds. The number of hydrogen-bond donors (Lipinski definition) is 3. The number of imidazole rings is 1. The molecule has 16 heteroatoms. The van der Waals surface area contributed by atoms with Gasteiger partial charge in [0, 0.05) is 114 Å². The van der Waals surface area contributed by atoms with Crippen LogP contribution in [0.5, 0.6) is 5.75 Å². The maximum absolute atomic E-state index is 15.3. The number of aliphatic hydroxyl groups is 2. The van der Waals surface area contributed by atoms with Gasteiger partial charge in [-0.25, -0.2) is 9.78 Å². The lowest BCUT2D eigenvalue weighted by Gasteiger charge is -2.63. The van der Waals surface area contributed by atoms with Crippen LogP contribution in [0.4, 0.5) is 5.69 Å². The summed E-state index contributed by atoms with van der Waals surface area (Å²) < 4.78 is 26.1. The summed E-state index contributed by atoms with van der Waals surface area (Å²) in [5, 5.41) is 27.1. The Kier molecular flexibility index (Phi) is 14.7. The van der Waals surface area contributed by atoms with Gasteiger partial charge in [-0.1, -0.05) is 135 Å². The summed E-state index contributed by atoms with van der Waals surface area (Å²) in [6.07, 6.45) is 11.6. The number of piperidine rings is 1. The fraction of sp³-hybridized carbons (Fsp3) is 0.412. The maximum atomic E-state index is 15.3. The number of carbonyl (C=O) groups excluding carboxylic acids is 3. The minimum Gasteiger partial charge on any atom is -0.496 e. The van der Waals surface area contributed by atoms with Crippen LogP contribution in [0.15, 0.2) is 152 Å². The lowest BCUT2D eigenvalue weighted by molar-refractivity contribution is -0.228. The molecular formula is C68H75ClN6O9. The summed E-state index contributed by atoms with van der Waals surface area (Å²) >= 11 is 6.69. The van der Waals surface area contributed by atoms with Crippen molar-refractivity contribution in [1.82, 2.24) is 24.3 Å². The van der Waals surface area contributed by atoms with Crippen LogP contribution in [0.3, 0.4) is 0 Å². The highest BCUT2D eigenvalue weighted by Gasteiger charge is 2.80. The molecule has 2 unspecified atom stereocenters. The van der Waals surface area contributed by atoms with Crippen LogP contribution in [-0.4, -0.2) is 143 Å². The van der Waals surface area contributed by atoms with Crippen molar-refractivity contribution in [3.8, 4) is 5.75 Å². The summed E-state index contributed by atoms with van der Waals surface area (Å²) in [7, 11) is 6.15. The molecule has 13 rings (SSSR count). The predicted molar refractivity (Wildman–Crippen MR) is 322 cm³/mol. The van der Waals surface area contributed by atoms with Gasteiger partial charge in [0.25, 0.3) is 0 Å². The number of carbonyl (C=O) groups is 3. The van der Waals surface area contributed by atoms with Crippen molar-refractivity contribution >= 4 is 46.1 Å². The molecule has 84 heavy (non-hydrogen) atoms. The topological polar surface area (TPSA) is 172 Å². The average Bonchev–Trinajstić information content (AvgIpc) is 1.44.